The standard InChI is InChI=1S/C17H23N3/c1-12-8-9-14-15(10-12)16(11-18-17(14)20(2)3)19-13-6-4-5-7-13/h8-11,13,19H,4-7H2,1-3H3. The molecule has 106 valence electrons. The van der Waals surface area contributed by atoms with Gasteiger partial charge in [-0.15, -0.1) is 0 Å². The van der Waals surface area contributed by atoms with Crippen LogP contribution in [0.5, 0.6) is 0 Å². The van der Waals surface area contributed by atoms with Crippen LogP contribution in [-0.2, 0) is 0 Å². The third-order valence-electron chi connectivity index (χ3n) is 4.16. The molecule has 2 aromatic rings. The Morgan fingerprint density at radius 2 is 1.90 bits per heavy atom. The molecule has 0 unspecified atom stereocenters. The molecule has 1 aliphatic carbocycles. The Hall–Kier alpha value is -1.77. The van der Waals surface area contributed by atoms with Crippen LogP contribution < -0.4 is 10.2 Å². The fourth-order valence-corrected chi connectivity index (χ4v) is 3.10. The third-order valence-corrected chi connectivity index (χ3v) is 4.16. The number of pyridine rings is 1. The van der Waals surface area contributed by atoms with Gasteiger partial charge in [-0.1, -0.05) is 30.5 Å². The number of benzene rings is 1. The van der Waals surface area contributed by atoms with Crippen molar-refractivity contribution in [3.8, 4) is 0 Å². The molecule has 0 amide bonds. The van der Waals surface area contributed by atoms with Crippen molar-refractivity contribution in [1.29, 1.82) is 0 Å². The molecule has 1 aliphatic rings. The SMILES string of the molecule is Cc1ccc2c(N(C)C)ncc(NC3CCCC3)c2c1. The van der Waals surface area contributed by atoms with Crippen molar-refractivity contribution in [2.75, 3.05) is 24.3 Å². The van der Waals surface area contributed by atoms with Crippen LogP contribution in [0.1, 0.15) is 31.2 Å². The number of fused-ring (bicyclic) bond motifs is 1. The van der Waals surface area contributed by atoms with Crippen molar-refractivity contribution in [3.05, 3.63) is 30.0 Å². The monoisotopic (exact) mass is 269 g/mol. The molecule has 0 saturated heterocycles. The molecule has 1 N–H and O–H groups in total. The highest BCUT2D eigenvalue weighted by molar-refractivity contribution is 6.00. The van der Waals surface area contributed by atoms with Crippen LogP contribution in [0.15, 0.2) is 24.4 Å². The number of nitrogens with one attached hydrogen (secondary N) is 1. The number of rotatable bonds is 3. The number of anilines is 2. The van der Waals surface area contributed by atoms with E-state index in [0.29, 0.717) is 6.04 Å². The Balaban J connectivity index is 2.07. The minimum atomic E-state index is 0.616. The molecule has 1 fully saturated rings. The Bertz CT molecular complexity index is 613. The molecule has 1 aromatic heterocycles. The van der Waals surface area contributed by atoms with Crippen LogP contribution in [0, 0.1) is 6.92 Å². The lowest BCUT2D eigenvalue weighted by molar-refractivity contribution is 0.756. The van der Waals surface area contributed by atoms with Crippen molar-refractivity contribution in [1.82, 2.24) is 4.98 Å². The summed E-state index contributed by atoms with van der Waals surface area (Å²) >= 11 is 0. The zero-order valence-electron chi connectivity index (χ0n) is 12.6. The molecule has 0 aliphatic heterocycles. The van der Waals surface area contributed by atoms with Crippen LogP contribution in [-0.4, -0.2) is 25.1 Å². The maximum absolute atomic E-state index is 4.64. The minimum Gasteiger partial charge on any atom is -0.381 e. The molecule has 1 saturated carbocycles. The molecule has 0 spiro atoms. The quantitative estimate of drug-likeness (QED) is 0.914. The summed E-state index contributed by atoms with van der Waals surface area (Å²) in [6.45, 7) is 2.15. The third kappa shape index (κ3) is 2.45. The van der Waals surface area contributed by atoms with E-state index in [1.54, 1.807) is 0 Å². The van der Waals surface area contributed by atoms with Crippen molar-refractivity contribution < 1.29 is 0 Å². The summed E-state index contributed by atoms with van der Waals surface area (Å²) in [6.07, 6.45) is 7.25. The molecule has 3 rings (SSSR count). The summed E-state index contributed by atoms with van der Waals surface area (Å²) in [7, 11) is 4.09. The van der Waals surface area contributed by atoms with Gasteiger partial charge in [0.25, 0.3) is 0 Å². The molecule has 3 heteroatoms. The second-order valence-corrected chi connectivity index (χ2v) is 6.06. The van der Waals surface area contributed by atoms with Crippen LogP contribution in [0.2, 0.25) is 0 Å². The molecule has 3 nitrogen and oxygen atoms in total. The highest BCUT2D eigenvalue weighted by atomic mass is 15.1. The van der Waals surface area contributed by atoms with Gasteiger partial charge in [-0.05, 0) is 25.8 Å². The van der Waals surface area contributed by atoms with E-state index in [0.717, 1.165) is 5.82 Å². The highest BCUT2D eigenvalue weighted by Gasteiger charge is 2.17. The van der Waals surface area contributed by atoms with E-state index < -0.39 is 0 Å². The van der Waals surface area contributed by atoms with E-state index in [4.69, 9.17) is 0 Å². The first-order valence-corrected chi connectivity index (χ1v) is 7.48. The van der Waals surface area contributed by atoms with E-state index in [1.807, 2.05) is 20.3 Å². The van der Waals surface area contributed by atoms with Crippen molar-refractivity contribution >= 4 is 22.3 Å². The van der Waals surface area contributed by atoms with Gasteiger partial charge < -0.3 is 10.2 Å². The van der Waals surface area contributed by atoms with Gasteiger partial charge in [0.05, 0.1) is 11.9 Å². The van der Waals surface area contributed by atoms with Crippen molar-refractivity contribution in [2.24, 2.45) is 0 Å². The average molecular weight is 269 g/mol. The number of aromatic nitrogens is 1. The van der Waals surface area contributed by atoms with Gasteiger partial charge in [-0.25, -0.2) is 4.98 Å². The van der Waals surface area contributed by atoms with Gasteiger partial charge in [-0.2, -0.15) is 0 Å². The molecule has 0 radical (unpaired) electrons. The van der Waals surface area contributed by atoms with Crippen molar-refractivity contribution in [3.63, 3.8) is 0 Å². The lowest BCUT2D eigenvalue weighted by atomic mass is 10.1. The smallest absolute Gasteiger partial charge is 0.136 e. The maximum Gasteiger partial charge on any atom is 0.136 e. The van der Waals surface area contributed by atoms with E-state index in [1.165, 1.54) is 47.7 Å². The van der Waals surface area contributed by atoms with Gasteiger partial charge in [0.1, 0.15) is 5.82 Å². The first-order chi connectivity index (χ1) is 9.65. The average Bonchev–Trinajstić information content (AvgIpc) is 2.92. The van der Waals surface area contributed by atoms with Gasteiger partial charge in [0.2, 0.25) is 0 Å². The van der Waals surface area contributed by atoms with E-state index in [-0.39, 0.29) is 0 Å². The molecule has 0 bridgehead atoms. The molecule has 20 heavy (non-hydrogen) atoms. The lowest BCUT2D eigenvalue weighted by Crippen LogP contribution is -2.16. The van der Waals surface area contributed by atoms with E-state index >= 15 is 0 Å². The van der Waals surface area contributed by atoms with Crippen LogP contribution in [0.25, 0.3) is 10.8 Å². The normalized spacial score (nSPS) is 15.8. The van der Waals surface area contributed by atoms with Crippen LogP contribution in [0.4, 0.5) is 11.5 Å². The highest BCUT2D eigenvalue weighted by Crippen LogP contribution is 2.32. The van der Waals surface area contributed by atoms with Gasteiger partial charge >= 0.3 is 0 Å². The first kappa shape index (κ1) is 13.2. The number of hydrogen-bond acceptors (Lipinski definition) is 3. The predicted molar refractivity (Wildman–Crippen MR) is 86.7 cm³/mol. The fraction of sp³-hybridized carbons (Fsp3) is 0.471. The topological polar surface area (TPSA) is 28.2 Å². The van der Waals surface area contributed by atoms with Crippen LogP contribution >= 0.6 is 0 Å². The molecule has 0 atom stereocenters. The summed E-state index contributed by atoms with van der Waals surface area (Å²) in [6, 6.07) is 7.23. The van der Waals surface area contributed by atoms with Gasteiger partial charge in [0.15, 0.2) is 0 Å². The Kier molecular flexibility index (Phi) is 3.51. The summed E-state index contributed by atoms with van der Waals surface area (Å²) < 4.78 is 0. The predicted octanol–water partition coefficient (Wildman–Crippen LogP) is 3.96. The molecule has 1 aromatic carbocycles. The Morgan fingerprint density at radius 1 is 1.15 bits per heavy atom. The Labute approximate surface area is 121 Å². The first-order valence-electron chi connectivity index (χ1n) is 7.48. The number of hydrogen-bond donors (Lipinski definition) is 1. The fourth-order valence-electron chi connectivity index (χ4n) is 3.10. The molecule has 1 heterocycles. The van der Waals surface area contributed by atoms with E-state index in [2.05, 4.69) is 40.3 Å². The summed E-state index contributed by atoms with van der Waals surface area (Å²) in [5, 5.41) is 6.21. The van der Waals surface area contributed by atoms with Crippen molar-refractivity contribution in [2.45, 2.75) is 38.6 Å². The minimum absolute atomic E-state index is 0.616. The molecular formula is C17H23N3. The molecular weight excluding hydrogens is 246 g/mol. The number of nitrogens with zero attached hydrogens (tertiary/aromatic N) is 2. The summed E-state index contributed by atoms with van der Waals surface area (Å²) in [5.41, 5.74) is 2.48. The second-order valence-electron chi connectivity index (χ2n) is 6.06. The summed E-state index contributed by atoms with van der Waals surface area (Å²) in [5.74, 6) is 1.04. The second kappa shape index (κ2) is 5.31. The zero-order valence-corrected chi connectivity index (χ0v) is 12.6. The van der Waals surface area contributed by atoms with Gasteiger partial charge in [0, 0.05) is 30.9 Å². The van der Waals surface area contributed by atoms with Gasteiger partial charge in [-0.3, -0.25) is 0 Å². The largest absolute Gasteiger partial charge is 0.381 e. The Morgan fingerprint density at radius 3 is 2.60 bits per heavy atom. The van der Waals surface area contributed by atoms with Crippen LogP contribution in [0.3, 0.4) is 0 Å². The number of aryl methyl sites for hydroxylation is 1. The van der Waals surface area contributed by atoms with E-state index in [9.17, 15) is 0 Å². The lowest BCUT2D eigenvalue weighted by Gasteiger charge is -2.19. The zero-order chi connectivity index (χ0) is 14.1. The maximum atomic E-state index is 4.64. The summed E-state index contributed by atoms with van der Waals surface area (Å²) in [4.78, 5) is 6.72.